The summed E-state index contributed by atoms with van der Waals surface area (Å²) in [7, 11) is 2.07. The average molecular weight is 303 g/mol. The Bertz CT molecular complexity index is 561. The fraction of sp³-hybridized carbons (Fsp3) is 0.588. The molecular formula is C17H25N3O2. The van der Waals surface area contributed by atoms with Crippen LogP contribution in [-0.2, 0) is 6.42 Å². The van der Waals surface area contributed by atoms with Crippen molar-refractivity contribution in [1.82, 2.24) is 4.90 Å². The van der Waals surface area contributed by atoms with Gasteiger partial charge in [-0.1, -0.05) is 13.0 Å². The third-order valence-corrected chi connectivity index (χ3v) is 5.03. The maximum absolute atomic E-state index is 12.6. The zero-order valence-corrected chi connectivity index (χ0v) is 13.4. The monoisotopic (exact) mass is 303 g/mol. The second kappa shape index (κ2) is 6.16. The molecule has 2 aliphatic rings. The van der Waals surface area contributed by atoms with E-state index in [1.165, 1.54) is 11.3 Å². The number of carbonyl (C=O) groups excluding carboxylic acids is 1. The Hall–Kier alpha value is -1.75. The van der Waals surface area contributed by atoms with Gasteiger partial charge >= 0.3 is 6.03 Å². The molecule has 0 saturated carbocycles. The molecule has 1 fully saturated rings. The number of hydrogen-bond donors (Lipinski definition) is 2. The summed E-state index contributed by atoms with van der Waals surface area (Å²) in [5, 5.41) is 12.6. The smallest absolute Gasteiger partial charge is 0.322 e. The molecule has 2 N–H and O–H groups in total. The van der Waals surface area contributed by atoms with Crippen molar-refractivity contribution in [3.63, 3.8) is 0 Å². The van der Waals surface area contributed by atoms with Gasteiger partial charge in [-0.15, -0.1) is 0 Å². The number of nitrogens with zero attached hydrogens (tertiary/aromatic N) is 2. The minimum atomic E-state index is -0.105. The molecule has 0 spiro atoms. The molecule has 5 heteroatoms. The highest BCUT2D eigenvalue weighted by Crippen LogP contribution is 2.30. The van der Waals surface area contributed by atoms with Crippen LogP contribution >= 0.6 is 0 Å². The first-order valence-electron chi connectivity index (χ1n) is 8.12. The van der Waals surface area contributed by atoms with Crippen LogP contribution in [0.3, 0.4) is 0 Å². The molecule has 2 amide bonds. The maximum Gasteiger partial charge on any atom is 0.322 e. The molecule has 22 heavy (non-hydrogen) atoms. The van der Waals surface area contributed by atoms with Crippen LogP contribution < -0.4 is 10.2 Å². The number of rotatable bonds is 2. The topological polar surface area (TPSA) is 55.8 Å². The van der Waals surface area contributed by atoms with Crippen LogP contribution in [0.1, 0.15) is 25.3 Å². The fourth-order valence-corrected chi connectivity index (χ4v) is 3.59. The number of hydrogen-bond acceptors (Lipinski definition) is 3. The van der Waals surface area contributed by atoms with Crippen molar-refractivity contribution in [3.05, 3.63) is 23.8 Å². The van der Waals surface area contributed by atoms with Gasteiger partial charge in [-0.2, -0.15) is 0 Å². The molecular weight excluding hydrogens is 278 g/mol. The van der Waals surface area contributed by atoms with Crippen molar-refractivity contribution in [3.8, 4) is 0 Å². The highest BCUT2D eigenvalue weighted by Gasteiger charge is 2.31. The van der Waals surface area contributed by atoms with Crippen LogP contribution in [0.5, 0.6) is 0 Å². The molecule has 1 aromatic carbocycles. The number of anilines is 2. The summed E-state index contributed by atoms with van der Waals surface area (Å²) < 4.78 is 0. The zero-order valence-electron chi connectivity index (χ0n) is 13.4. The van der Waals surface area contributed by atoms with E-state index >= 15 is 0 Å². The van der Waals surface area contributed by atoms with Crippen LogP contribution in [0.25, 0.3) is 0 Å². The molecule has 1 aromatic rings. The van der Waals surface area contributed by atoms with Crippen LogP contribution in [0.4, 0.5) is 16.2 Å². The van der Waals surface area contributed by atoms with E-state index in [1.54, 1.807) is 4.90 Å². The molecule has 0 aliphatic carbocycles. The molecule has 0 aromatic heterocycles. The lowest BCUT2D eigenvalue weighted by Crippen LogP contribution is -2.51. The van der Waals surface area contributed by atoms with E-state index < -0.39 is 0 Å². The quantitative estimate of drug-likeness (QED) is 0.881. The summed E-state index contributed by atoms with van der Waals surface area (Å²) in [4.78, 5) is 16.5. The third-order valence-electron chi connectivity index (χ3n) is 5.03. The third kappa shape index (κ3) is 2.77. The number of likely N-dealkylation sites (N-methyl/N-ethyl adjacent to an activating group) is 1. The highest BCUT2D eigenvalue weighted by atomic mass is 16.3. The second-order valence-electron chi connectivity index (χ2n) is 6.51. The van der Waals surface area contributed by atoms with E-state index in [-0.39, 0.29) is 18.7 Å². The van der Waals surface area contributed by atoms with Gasteiger partial charge < -0.3 is 20.2 Å². The number of piperidine rings is 1. The number of fused-ring (bicyclic) bond motifs is 1. The molecule has 0 radical (unpaired) electrons. The number of aliphatic hydroxyl groups is 1. The van der Waals surface area contributed by atoms with E-state index in [0.29, 0.717) is 12.5 Å². The van der Waals surface area contributed by atoms with Gasteiger partial charge in [-0.25, -0.2) is 4.79 Å². The van der Waals surface area contributed by atoms with Crippen molar-refractivity contribution < 1.29 is 9.90 Å². The van der Waals surface area contributed by atoms with Crippen LogP contribution in [0.15, 0.2) is 18.2 Å². The van der Waals surface area contributed by atoms with Gasteiger partial charge in [0.1, 0.15) is 0 Å². The SMILES string of the molecule is CC1CCCN(C(=O)Nc2ccc3c(c2)N(C)CC3)C1CO. The molecule has 0 bridgehead atoms. The number of carbonyl (C=O) groups is 1. The Labute approximate surface area is 131 Å². The molecule has 120 valence electrons. The standard InChI is InChI=1S/C17H25N3O2/c1-12-4-3-8-20(16(12)11-21)17(22)18-14-6-5-13-7-9-19(2)15(13)10-14/h5-6,10,12,16,21H,3-4,7-9,11H2,1-2H3,(H,18,22). The van der Waals surface area contributed by atoms with Crippen molar-refractivity contribution >= 4 is 17.4 Å². The Morgan fingerprint density at radius 1 is 1.41 bits per heavy atom. The van der Waals surface area contributed by atoms with E-state index in [2.05, 4.69) is 30.3 Å². The van der Waals surface area contributed by atoms with Crippen LogP contribution in [0, 0.1) is 5.92 Å². The first-order chi connectivity index (χ1) is 10.6. The number of benzene rings is 1. The average Bonchev–Trinajstić information content (AvgIpc) is 2.88. The molecule has 2 atom stereocenters. The molecule has 1 saturated heterocycles. The molecule has 2 heterocycles. The number of aliphatic hydroxyl groups excluding tert-OH is 1. The molecule has 5 nitrogen and oxygen atoms in total. The largest absolute Gasteiger partial charge is 0.394 e. The van der Waals surface area contributed by atoms with Gasteiger partial charge in [0.05, 0.1) is 12.6 Å². The zero-order chi connectivity index (χ0) is 15.7. The van der Waals surface area contributed by atoms with Crippen molar-refractivity contribution in [2.24, 2.45) is 5.92 Å². The lowest BCUT2D eigenvalue weighted by atomic mass is 9.91. The second-order valence-corrected chi connectivity index (χ2v) is 6.51. The van der Waals surface area contributed by atoms with Gasteiger partial charge in [-0.05, 0) is 42.9 Å². The maximum atomic E-state index is 12.6. The van der Waals surface area contributed by atoms with Gasteiger partial charge in [0.25, 0.3) is 0 Å². The predicted molar refractivity (Wildman–Crippen MR) is 88.4 cm³/mol. The Morgan fingerprint density at radius 2 is 2.23 bits per heavy atom. The van der Waals surface area contributed by atoms with E-state index in [1.807, 2.05) is 12.1 Å². The molecule has 3 rings (SSSR count). The first-order valence-corrected chi connectivity index (χ1v) is 8.12. The minimum absolute atomic E-state index is 0.0293. The van der Waals surface area contributed by atoms with Crippen molar-refractivity contribution in [2.75, 3.05) is 37.0 Å². The van der Waals surface area contributed by atoms with Gasteiger partial charge in [-0.3, -0.25) is 0 Å². The summed E-state index contributed by atoms with van der Waals surface area (Å²) >= 11 is 0. The summed E-state index contributed by atoms with van der Waals surface area (Å²) in [6.07, 6.45) is 3.13. The van der Waals surface area contributed by atoms with Crippen molar-refractivity contribution in [1.29, 1.82) is 0 Å². The molecule has 2 aliphatic heterocycles. The predicted octanol–water partition coefficient (Wildman–Crippen LogP) is 2.30. The number of amides is 2. The summed E-state index contributed by atoms with van der Waals surface area (Å²) in [5.74, 6) is 0.343. The number of nitrogens with one attached hydrogen (secondary N) is 1. The Morgan fingerprint density at radius 3 is 3.00 bits per heavy atom. The van der Waals surface area contributed by atoms with Gasteiger partial charge in [0.2, 0.25) is 0 Å². The summed E-state index contributed by atoms with van der Waals surface area (Å²) in [6.45, 7) is 3.88. The van der Waals surface area contributed by atoms with Gasteiger partial charge in [0.15, 0.2) is 0 Å². The lowest BCUT2D eigenvalue weighted by molar-refractivity contribution is 0.0811. The highest BCUT2D eigenvalue weighted by molar-refractivity contribution is 5.90. The van der Waals surface area contributed by atoms with Crippen LogP contribution in [-0.4, -0.2) is 48.8 Å². The van der Waals surface area contributed by atoms with E-state index in [4.69, 9.17) is 0 Å². The van der Waals surface area contributed by atoms with E-state index in [0.717, 1.165) is 31.5 Å². The minimum Gasteiger partial charge on any atom is -0.394 e. The summed E-state index contributed by atoms with van der Waals surface area (Å²) in [6, 6.07) is 5.92. The van der Waals surface area contributed by atoms with Crippen LogP contribution in [0.2, 0.25) is 0 Å². The first kappa shape index (κ1) is 15.2. The normalized spacial score (nSPS) is 24.3. The Kier molecular flexibility index (Phi) is 4.25. The summed E-state index contributed by atoms with van der Waals surface area (Å²) in [5.41, 5.74) is 3.36. The Balaban J connectivity index is 1.72. The van der Waals surface area contributed by atoms with E-state index in [9.17, 15) is 9.90 Å². The number of urea groups is 1. The fourth-order valence-electron chi connectivity index (χ4n) is 3.59. The van der Waals surface area contributed by atoms with Gasteiger partial charge in [0, 0.05) is 31.5 Å². The van der Waals surface area contributed by atoms with Crippen molar-refractivity contribution in [2.45, 2.75) is 32.2 Å². The lowest BCUT2D eigenvalue weighted by Gasteiger charge is -2.38. The molecule has 2 unspecified atom stereocenters. The number of likely N-dealkylation sites (tertiary alicyclic amines) is 1.